The van der Waals surface area contributed by atoms with Gasteiger partial charge in [0.25, 0.3) is 5.91 Å². The van der Waals surface area contributed by atoms with Crippen molar-refractivity contribution >= 4 is 5.91 Å². The highest BCUT2D eigenvalue weighted by atomic mass is 16.5. The summed E-state index contributed by atoms with van der Waals surface area (Å²) < 4.78 is 0. The van der Waals surface area contributed by atoms with Crippen molar-refractivity contribution in [3.05, 3.63) is 0 Å². The lowest BCUT2D eigenvalue weighted by atomic mass is 9.87. The quantitative estimate of drug-likeness (QED) is 0.307. The van der Waals surface area contributed by atoms with Crippen LogP contribution in [-0.2, 0) is 4.79 Å². The largest absolute Gasteiger partial charge is 0.307 e. The topological polar surface area (TPSA) is 75.4 Å². The highest BCUT2D eigenvalue weighted by Crippen LogP contribution is 2.12. The number of hydrogen-bond acceptors (Lipinski definition) is 3. The highest BCUT2D eigenvalue weighted by Gasteiger charge is 2.35. The van der Waals surface area contributed by atoms with Gasteiger partial charge in [0.05, 0.1) is 0 Å². The third kappa shape index (κ3) is 1.97. The van der Waals surface area contributed by atoms with Crippen LogP contribution in [0.4, 0.5) is 0 Å². The Bertz CT molecular complexity index is 227. The van der Waals surface area contributed by atoms with Crippen LogP contribution in [0.25, 0.3) is 0 Å². The Morgan fingerprint density at radius 1 is 1.67 bits per heavy atom. The van der Waals surface area contributed by atoms with Gasteiger partial charge in [-0.1, -0.05) is 19.8 Å². The van der Waals surface area contributed by atoms with E-state index in [1.165, 1.54) is 5.48 Å². The number of carbonyl (C=O) groups is 1. The maximum absolute atomic E-state index is 11.1. The summed E-state index contributed by atoms with van der Waals surface area (Å²) in [6, 6.07) is 0. The number of carbonyl (C=O) groups excluding carboxylic acids is 1. The zero-order valence-electron chi connectivity index (χ0n) is 7.51. The normalized spacial score (nSPS) is 14.5. The smallest absolute Gasteiger partial charge is 0.276 e. The molecule has 0 aromatic rings. The van der Waals surface area contributed by atoms with Gasteiger partial charge < -0.3 is 5.73 Å². The number of amides is 1. The number of hydrogen-bond donors (Lipinski definition) is 3. The molecule has 0 aliphatic rings. The first-order valence-corrected chi connectivity index (χ1v) is 3.66. The molecule has 0 aromatic carbocycles. The van der Waals surface area contributed by atoms with Crippen molar-refractivity contribution in [3.8, 4) is 11.8 Å². The molecule has 12 heavy (non-hydrogen) atoms. The van der Waals surface area contributed by atoms with Crippen molar-refractivity contribution in [1.82, 2.24) is 5.48 Å². The molecule has 4 N–H and O–H groups in total. The van der Waals surface area contributed by atoms with E-state index in [0.29, 0.717) is 0 Å². The van der Waals surface area contributed by atoms with E-state index >= 15 is 0 Å². The van der Waals surface area contributed by atoms with Crippen LogP contribution in [-0.4, -0.2) is 16.7 Å². The van der Waals surface area contributed by atoms with Gasteiger partial charge in [-0.15, -0.1) is 5.92 Å². The molecule has 0 aromatic heterocycles. The summed E-state index contributed by atoms with van der Waals surface area (Å²) in [5.74, 6) is 4.29. The van der Waals surface area contributed by atoms with Gasteiger partial charge in [0.2, 0.25) is 0 Å². The van der Waals surface area contributed by atoms with E-state index in [9.17, 15) is 4.79 Å². The number of nitrogens with two attached hydrogens (primary N) is 1. The van der Waals surface area contributed by atoms with Gasteiger partial charge in [-0.05, 0) is 12.8 Å². The molecular weight excluding hydrogens is 156 g/mol. The highest BCUT2D eigenvalue weighted by molar-refractivity contribution is 5.89. The third-order valence-corrected chi connectivity index (χ3v) is 1.72. The summed E-state index contributed by atoms with van der Waals surface area (Å²) in [5, 5.41) is 8.40. The zero-order valence-corrected chi connectivity index (χ0v) is 7.51. The van der Waals surface area contributed by atoms with Gasteiger partial charge in [-0.3, -0.25) is 10.0 Å². The first kappa shape index (κ1) is 11.0. The van der Waals surface area contributed by atoms with E-state index in [1.807, 2.05) is 0 Å². The summed E-state index contributed by atoms with van der Waals surface area (Å²) in [4.78, 5) is 11.1. The first-order chi connectivity index (χ1) is 5.49. The van der Waals surface area contributed by atoms with Crippen LogP contribution in [0.2, 0.25) is 0 Å². The van der Waals surface area contributed by atoms with Crippen LogP contribution >= 0.6 is 0 Å². The van der Waals surface area contributed by atoms with Gasteiger partial charge in [0.1, 0.15) is 0 Å². The predicted octanol–water partition coefficient (Wildman–Crippen LogP) is -0.131. The Balaban J connectivity index is 4.82. The van der Waals surface area contributed by atoms with Crippen LogP contribution in [0.15, 0.2) is 0 Å². The molecule has 0 radical (unpaired) electrons. The Hall–Kier alpha value is -1.05. The summed E-state index contributed by atoms with van der Waals surface area (Å²) in [5.41, 5.74) is 5.86. The molecule has 0 aliphatic carbocycles. The van der Waals surface area contributed by atoms with Crippen molar-refractivity contribution < 1.29 is 10.0 Å². The monoisotopic (exact) mass is 170 g/mol. The van der Waals surface area contributed by atoms with E-state index in [2.05, 4.69) is 11.8 Å². The van der Waals surface area contributed by atoms with Crippen molar-refractivity contribution in [2.75, 3.05) is 0 Å². The summed E-state index contributed by atoms with van der Waals surface area (Å²) in [7, 11) is 0. The average molecular weight is 170 g/mol. The molecule has 0 rings (SSSR count). The van der Waals surface area contributed by atoms with Crippen LogP contribution < -0.4 is 11.2 Å². The Morgan fingerprint density at radius 2 is 2.17 bits per heavy atom. The lowest BCUT2D eigenvalue weighted by molar-refractivity contribution is -0.134. The molecule has 4 nitrogen and oxygen atoms in total. The number of rotatable bonds is 2. The van der Waals surface area contributed by atoms with Crippen LogP contribution in [0.1, 0.15) is 20.8 Å². The fourth-order valence-electron chi connectivity index (χ4n) is 0.763. The van der Waals surface area contributed by atoms with Crippen LogP contribution in [0.3, 0.4) is 0 Å². The molecule has 1 amide bonds. The second kappa shape index (κ2) is 4.10. The summed E-state index contributed by atoms with van der Waals surface area (Å²) >= 11 is 0. The Morgan fingerprint density at radius 3 is 2.42 bits per heavy atom. The molecule has 0 spiro atoms. The molecule has 0 fully saturated rings. The van der Waals surface area contributed by atoms with Gasteiger partial charge in [-0.2, -0.15) is 0 Å². The molecule has 0 bridgehead atoms. The minimum absolute atomic E-state index is 0.155. The van der Waals surface area contributed by atoms with Gasteiger partial charge in [0, 0.05) is 0 Å². The molecule has 0 saturated carbocycles. The molecule has 0 saturated heterocycles. The Kier molecular flexibility index (Phi) is 3.74. The maximum atomic E-state index is 11.1. The van der Waals surface area contributed by atoms with E-state index in [4.69, 9.17) is 10.9 Å². The lowest BCUT2D eigenvalue weighted by Gasteiger charge is -2.24. The molecule has 0 heterocycles. The van der Waals surface area contributed by atoms with E-state index < -0.39 is 11.4 Å². The minimum Gasteiger partial charge on any atom is -0.307 e. The fraction of sp³-hybridized carbons (Fsp3) is 0.625. The van der Waals surface area contributed by atoms with E-state index in [0.717, 1.165) is 0 Å². The van der Waals surface area contributed by atoms with Crippen molar-refractivity contribution in [1.29, 1.82) is 0 Å². The standard InChI is InChI=1S/C8H14N2O2/c1-4-5-8(9,6(2)3)7(11)10-12/h6,12H,9H2,1-3H3,(H,10,11). The van der Waals surface area contributed by atoms with Crippen LogP contribution in [0.5, 0.6) is 0 Å². The van der Waals surface area contributed by atoms with E-state index in [1.54, 1.807) is 20.8 Å². The second-order valence-electron chi connectivity index (χ2n) is 2.84. The number of hydroxylamine groups is 1. The summed E-state index contributed by atoms with van der Waals surface area (Å²) in [6.45, 7) is 5.12. The second-order valence-corrected chi connectivity index (χ2v) is 2.84. The predicted molar refractivity (Wildman–Crippen MR) is 45.1 cm³/mol. The molecule has 68 valence electrons. The first-order valence-electron chi connectivity index (χ1n) is 3.66. The van der Waals surface area contributed by atoms with Gasteiger partial charge in [-0.25, -0.2) is 5.48 Å². The van der Waals surface area contributed by atoms with Gasteiger partial charge in [0.15, 0.2) is 5.54 Å². The van der Waals surface area contributed by atoms with Crippen LogP contribution in [0, 0.1) is 17.8 Å². The maximum Gasteiger partial charge on any atom is 0.276 e. The molecule has 0 aliphatic heterocycles. The Labute approximate surface area is 72.1 Å². The van der Waals surface area contributed by atoms with Crippen molar-refractivity contribution in [3.63, 3.8) is 0 Å². The zero-order chi connectivity index (χ0) is 9.78. The summed E-state index contributed by atoms with van der Waals surface area (Å²) in [6.07, 6.45) is 0. The molecular formula is C8H14N2O2. The van der Waals surface area contributed by atoms with E-state index in [-0.39, 0.29) is 5.92 Å². The van der Waals surface area contributed by atoms with Crippen molar-refractivity contribution in [2.45, 2.75) is 26.3 Å². The lowest BCUT2D eigenvalue weighted by Crippen LogP contribution is -2.56. The SMILES string of the molecule is CC#CC(N)(C(=O)NO)C(C)C. The third-order valence-electron chi connectivity index (χ3n) is 1.72. The number of nitrogens with one attached hydrogen (secondary N) is 1. The van der Waals surface area contributed by atoms with Gasteiger partial charge >= 0.3 is 0 Å². The molecule has 1 unspecified atom stereocenters. The average Bonchev–Trinajstić information content (AvgIpc) is 2.03. The molecule has 4 heteroatoms. The van der Waals surface area contributed by atoms with Crippen molar-refractivity contribution in [2.24, 2.45) is 11.7 Å². The molecule has 1 atom stereocenters. The minimum atomic E-state index is -1.30. The fourth-order valence-corrected chi connectivity index (χ4v) is 0.763.